The molecule has 1 aromatic carbocycles. The Labute approximate surface area is 199 Å². The average Bonchev–Trinajstić information content (AvgIpc) is 3.09. The minimum absolute atomic E-state index is 0.293. The SMILES string of the molecule is CCCCOc1cc(C(CCCC)CS(=O)(=O)OC(N)=O)n(Cc2ccc(Cl)cc2Cl)n1. The van der Waals surface area contributed by atoms with Crippen molar-refractivity contribution >= 4 is 39.4 Å². The fourth-order valence-electron chi connectivity index (χ4n) is 3.24. The molecule has 8 nitrogen and oxygen atoms in total. The Morgan fingerprint density at radius 1 is 1.19 bits per heavy atom. The van der Waals surface area contributed by atoms with Gasteiger partial charge in [0, 0.05) is 27.7 Å². The Bertz CT molecular complexity index is 1010. The first-order chi connectivity index (χ1) is 15.1. The molecular weight excluding hydrogens is 477 g/mol. The first kappa shape index (κ1) is 26.3. The van der Waals surface area contributed by atoms with Crippen LogP contribution in [0.15, 0.2) is 24.3 Å². The Morgan fingerprint density at radius 2 is 1.91 bits per heavy atom. The van der Waals surface area contributed by atoms with Gasteiger partial charge >= 0.3 is 16.2 Å². The van der Waals surface area contributed by atoms with Crippen molar-refractivity contribution < 1.29 is 22.1 Å². The van der Waals surface area contributed by atoms with Gasteiger partial charge in [-0.1, -0.05) is 62.4 Å². The summed E-state index contributed by atoms with van der Waals surface area (Å²) in [7, 11) is -4.17. The van der Waals surface area contributed by atoms with Crippen LogP contribution >= 0.6 is 23.2 Å². The van der Waals surface area contributed by atoms with Crippen molar-refractivity contribution in [2.45, 2.75) is 58.4 Å². The molecule has 1 amide bonds. The van der Waals surface area contributed by atoms with Crippen LogP contribution in [0.25, 0.3) is 0 Å². The number of primary amides is 1. The highest BCUT2D eigenvalue weighted by Crippen LogP contribution is 2.30. The van der Waals surface area contributed by atoms with Crippen molar-refractivity contribution in [1.82, 2.24) is 9.78 Å². The molecule has 0 radical (unpaired) electrons. The van der Waals surface area contributed by atoms with Gasteiger partial charge in [-0.05, 0) is 30.5 Å². The minimum Gasteiger partial charge on any atom is -0.477 e. The number of nitrogens with two attached hydrogens (primary N) is 1. The molecule has 1 unspecified atom stereocenters. The number of nitrogens with zero attached hydrogens (tertiary/aromatic N) is 2. The summed E-state index contributed by atoms with van der Waals surface area (Å²) in [5.74, 6) is -0.501. The lowest BCUT2D eigenvalue weighted by molar-refractivity contribution is 0.212. The van der Waals surface area contributed by atoms with Gasteiger partial charge in [-0.3, -0.25) is 4.68 Å². The van der Waals surface area contributed by atoms with Crippen LogP contribution in [-0.2, 0) is 20.8 Å². The summed E-state index contributed by atoms with van der Waals surface area (Å²) < 4.78 is 36.5. The van der Waals surface area contributed by atoms with E-state index in [9.17, 15) is 13.2 Å². The van der Waals surface area contributed by atoms with Gasteiger partial charge in [0.1, 0.15) is 0 Å². The number of amides is 1. The number of halogens is 2. The molecule has 1 atom stereocenters. The summed E-state index contributed by atoms with van der Waals surface area (Å²) in [6, 6.07) is 6.89. The second-order valence-electron chi connectivity index (χ2n) is 7.47. The summed E-state index contributed by atoms with van der Waals surface area (Å²) in [6.07, 6.45) is 2.66. The number of unbranched alkanes of at least 4 members (excludes halogenated alkanes) is 2. The molecule has 1 aromatic heterocycles. The van der Waals surface area contributed by atoms with E-state index in [2.05, 4.69) is 16.2 Å². The normalized spacial score (nSPS) is 12.5. The van der Waals surface area contributed by atoms with Gasteiger partial charge in [0.25, 0.3) is 0 Å². The molecule has 0 aliphatic heterocycles. The lowest BCUT2D eigenvalue weighted by Gasteiger charge is -2.18. The fraction of sp³-hybridized carbons (Fsp3) is 0.524. The fourth-order valence-corrected chi connectivity index (χ4v) is 4.85. The maximum Gasteiger partial charge on any atom is 0.420 e. The molecular formula is C21H29Cl2N3O5S. The van der Waals surface area contributed by atoms with E-state index in [1.807, 2.05) is 6.92 Å². The van der Waals surface area contributed by atoms with Crippen LogP contribution < -0.4 is 10.5 Å². The van der Waals surface area contributed by atoms with E-state index < -0.39 is 27.9 Å². The predicted octanol–water partition coefficient (Wildman–Crippen LogP) is 5.12. The molecule has 2 aromatic rings. The van der Waals surface area contributed by atoms with E-state index >= 15 is 0 Å². The number of benzene rings is 1. The standard InChI is InChI=1S/C21H29Cl2N3O5S/c1-3-5-7-16(14-32(28,29)31-21(24)27)19-12-20(30-10-6-4-2)25-26(19)13-15-8-9-17(22)11-18(15)23/h8-9,11-12,16H,3-7,10,13-14H2,1-2H3,(H2,24,27). The van der Waals surface area contributed by atoms with Gasteiger partial charge < -0.3 is 14.7 Å². The van der Waals surface area contributed by atoms with Gasteiger partial charge in [-0.2, -0.15) is 8.42 Å². The van der Waals surface area contributed by atoms with Gasteiger partial charge in [-0.25, -0.2) is 4.79 Å². The van der Waals surface area contributed by atoms with Crippen molar-refractivity contribution in [2.24, 2.45) is 5.73 Å². The van der Waals surface area contributed by atoms with Gasteiger partial charge in [-0.15, -0.1) is 5.10 Å². The summed E-state index contributed by atoms with van der Waals surface area (Å²) in [4.78, 5) is 11.0. The maximum atomic E-state index is 12.3. The predicted molar refractivity (Wildman–Crippen MR) is 125 cm³/mol. The van der Waals surface area contributed by atoms with E-state index in [1.54, 1.807) is 28.9 Å². The highest BCUT2D eigenvalue weighted by Gasteiger charge is 2.27. The molecule has 2 N–H and O–H groups in total. The van der Waals surface area contributed by atoms with Crippen molar-refractivity contribution in [2.75, 3.05) is 12.4 Å². The van der Waals surface area contributed by atoms with E-state index in [1.165, 1.54) is 0 Å². The minimum atomic E-state index is -4.17. The van der Waals surface area contributed by atoms with Crippen LogP contribution in [0.2, 0.25) is 10.0 Å². The van der Waals surface area contributed by atoms with Crippen molar-refractivity contribution in [3.63, 3.8) is 0 Å². The van der Waals surface area contributed by atoms with Crippen molar-refractivity contribution in [1.29, 1.82) is 0 Å². The number of aromatic nitrogens is 2. The quantitative estimate of drug-likeness (QED) is 0.298. The van der Waals surface area contributed by atoms with Gasteiger partial charge in [0.05, 0.1) is 18.9 Å². The number of carbonyl (C=O) groups excluding carboxylic acids is 1. The molecule has 0 saturated heterocycles. The molecule has 2 rings (SSSR count). The summed E-state index contributed by atoms with van der Waals surface area (Å²) in [5.41, 5.74) is 6.34. The molecule has 1 heterocycles. The van der Waals surface area contributed by atoms with Crippen LogP contribution in [0.4, 0.5) is 4.79 Å². The van der Waals surface area contributed by atoms with E-state index in [0.717, 1.165) is 31.2 Å². The zero-order valence-corrected chi connectivity index (χ0v) is 20.5. The van der Waals surface area contributed by atoms with Crippen LogP contribution in [0.3, 0.4) is 0 Å². The van der Waals surface area contributed by atoms with E-state index in [4.69, 9.17) is 33.7 Å². The smallest absolute Gasteiger partial charge is 0.420 e. The molecule has 178 valence electrons. The number of rotatable bonds is 13. The number of hydrogen-bond donors (Lipinski definition) is 1. The highest BCUT2D eigenvalue weighted by molar-refractivity contribution is 7.87. The van der Waals surface area contributed by atoms with Crippen LogP contribution in [0.1, 0.15) is 63.1 Å². The third kappa shape index (κ3) is 8.18. The Hall–Kier alpha value is -1.97. The zero-order chi connectivity index (χ0) is 23.7. The maximum absolute atomic E-state index is 12.3. The van der Waals surface area contributed by atoms with Crippen molar-refractivity contribution in [3.8, 4) is 5.88 Å². The monoisotopic (exact) mass is 505 g/mol. The lowest BCUT2D eigenvalue weighted by Crippen LogP contribution is -2.25. The zero-order valence-electron chi connectivity index (χ0n) is 18.2. The summed E-state index contributed by atoms with van der Waals surface area (Å²) in [5, 5.41) is 5.52. The van der Waals surface area contributed by atoms with Crippen LogP contribution in [0, 0.1) is 0 Å². The first-order valence-corrected chi connectivity index (χ1v) is 12.8. The number of hydrogen-bond acceptors (Lipinski definition) is 6. The number of ether oxygens (including phenoxy) is 1. The summed E-state index contributed by atoms with van der Waals surface area (Å²) in [6.45, 7) is 4.86. The first-order valence-electron chi connectivity index (χ1n) is 10.5. The lowest BCUT2D eigenvalue weighted by atomic mass is 10.00. The van der Waals surface area contributed by atoms with Gasteiger partial charge in [0.15, 0.2) is 0 Å². The van der Waals surface area contributed by atoms with Crippen molar-refractivity contribution in [3.05, 3.63) is 45.6 Å². The molecule has 0 bridgehead atoms. The largest absolute Gasteiger partial charge is 0.477 e. The highest BCUT2D eigenvalue weighted by atomic mass is 35.5. The van der Waals surface area contributed by atoms with Crippen LogP contribution in [0.5, 0.6) is 5.88 Å². The Balaban J connectivity index is 2.42. The Kier molecular flexibility index (Phi) is 10.1. The molecule has 0 fully saturated rings. The third-order valence-corrected chi connectivity index (χ3v) is 6.63. The van der Waals surface area contributed by atoms with Crippen LogP contribution in [-0.4, -0.2) is 36.7 Å². The van der Waals surface area contributed by atoms with E-state index in [-0.39, 0.29) is 0 Å². The molecule has 11 heteroatoms. The Morgan fingerprint density at radius 3 is 2.53 bits per heavy atom. The van der Waals surface area contributed by atoms with E-state index in [0.29, 0.717) is 41.2 Å². The third-order valence-electron chi connectivity index (χ3n) is 4.81. The molecule has 0 aliphatic rings. The molecule has 0 spiro atoms. The van der Waals surface area contributed by atoms with Gasteiger partial charge in [0.2, 0.25) is 5.88 Å². The number of carbonyl (C=O) groups is 1. The second-order valence-corrected chi connectivity index (χ2v) is 9.93. The molecule has 0 saturated carbocycles. The summed E-state index contributed by atoms with van der Waals surface area (Å²) >= 11 is 12.3. The molecule has 0 aliphatic carbocycles. The second kappa shape index (κ2) is 12.3. The molecule has 32 heavy (non-hydrogen) atoms. The topological polar surface area (TPSA) is 114 Å². The average molecular weight is 506 g/mol.